The summed E-state index contributed by atoms with van der Waals surface area (Å²) >= 11 is 0. The van der Waals surface area contributed by atoms with Crippen LogP contribution in [0.3, 0.4) is 0 Å². The summed E-state index contributed by atoms with van der Waals surface area (Å²) in [6, 6.07) is 20.3. The molecule has 2 aliphatic rings. The van der Waals surface area contributed by atoms with Crippen molar-refractivity contribution in [2.24, 2.45) is 0 Å². The monoisotopic (exact) mass is 487 g/mol. The number of quaternary nitrogens is 1. The summed E-state index contributed by atoms with van der Waals surface area (Å²) in [5.74, 6) is -0.248. The Morgan fingerprint density at radius 2 is 1.81 bits per heavy atom. The van der Waals surface area contributed by atoms with Gasteiger partial charge < -0.3 is 31.4 Å². The van der Waals surface area contributed by atoms with Crippen LogP contribution >= 0.6 is 0 Å². The van der Waals surface area contributed by atoms with E-state index in [1.165, 1.54) is 0 Å². The van der Waals surface area contributed by atoms with Gasteiger partial charge in [0.15, 0.2) is 5.69 Å². The van der Waals surface area contributed by atoms with E-state index in [1.54, 1.807) is 29.2 Å². The van der Waals surface area contributed by atoms with Gasteiger partial charge in [0, 0.05) is 48.6 Å². The first-order valence-electron chi connectivity index (χ1n) is 12.0. The van der Waals surface area contributed by atoms with Crippen LogP contribution in [0.25, 0.3) is 0 Å². The average molecular weight is 488 g/mol. The van der Waals surface area contributed by atoms with Gasteiger partial charge in [0.25, 0.3) is 5.91 Å². The predicted octanol–water partition coefficient (Wildman–Crippen LogP) is 3.02. The van der Waals surface area contributed by atoms with Crippen LogP contribution in [0.1, 0.15) is 34.3 Å². The Morgan fingerprint density at radius 3 is 2.56 bits per heavy atom. The molecule has 2 amide bonds. The maximum atomic E-state index is 12.7. The number of nitrogens with one attached hydrogen (secondary N) is 1. The Hall–Kier alpha value is -4.08. The second kappa shape index (κ2) is 10.3. The molecular weight excluding hydrogens is 458 g/mol. The van der Waals surface area contributed by atoms with Gasteiger partial charge >= 0.3 is 6.09 Å². The molecule has 0 aliphatic carbocycles. The van der Waals surface area contributed by atoms with Crippen molar-refractivity contribution in [2.75, 3.05) is 28.6 Å². The van der Waals surface area contributed by atoms with E-state index < -0.39 is 0 Å². The van der Waals surface area contributed by atoms with Gasteiger partial charge in [-0.15, -0.1) is 0 Å². The maximum Gasteiger partial charge on any atom is 0.414 e. The minimum atomic E-state index is -0.310. The quantitative estimate of drug-likeness (QED) is 0.362. The van der Waals surface area contributed by atoms with E-state index in [0.717, 1.165) is 40.8 Å². The lowest BCUT2D eigenvalue weighted by atomic mass is 9.99. The molecule has 2 aliphatic heterocycles. The van der Waals surface area contributed by atoms with Crippen molar-refractivity contribution in [3.63, 3.8) is 0 Å². The number of nitrogens with two attached hydrogens (primary N) is 2. The number of nitrogens with zero attached hydrogens (tertiary/aromatic N) is 2. The van der Waals surface area contributed by atoms with Crippen LogP contribution in [0.5, 0.6) is 0 Å². The van der Waals surface area contributed by atoms with Gasteiger partial charge in [-0.25, -0.2) is 4.79 Å². The molecule has 0 spiro atoms. The van der Waals surface area contributed by atoms with E-state index in [1.807, 2.05) is 42.5 Å². The third-order valence-corrected chi connectivity index (χ3v) is 6.82. The highest BCUT2D eigenvalue weighted by Gasteiger charge is 2.34. The molecule has 0 atom stereocenters. The largest absolute Gasteiger partial charge is 0.630 e. The van der Waals surface area contributed by atoms with Crippen molar-refractivity contribution < 1.29 is 19.8 Å². The number of ether oxygens (including phenoxy) is 1. The van der Waals surface area contributed by atoms with Crippen molar-refractivity contribution in [1.82, 2.24) is 5.32 Å². The molecular formula is C27H29N5O4. The zero-order chi connectivity index (χ0) is 25.1. The molecule has 0 aromatic heterocycles. The molecule has 5 rings (SSSR count). The smallest absolute Gasteiger partial charge is 0.414 e. The first kappa shape index (κ1) is 23.7. The first-order chi connectivity index (χ1) is 17.5. The standard InChI is InChI=1S/C27H29N5O4/c28-21-8-5-18(6-9-21)16-29-26(33)19-7-10-25(23(15-19)30-35)31-13-11-22(12-14-31)32-24-4-2-1-3-20(24)17-36-27(32)34/h1-10,15,22H,11-14,16-17,28,30H2,(H,29,33). The molecule has 3 aromatic rings. The summed E-state index contributed by atoms with van der Waals surface area (Å²) in [5.41, 5.74) is 11.7. The third-order valence-electron chi connectivity index (χ3n) is 6.82. The normalized spacial score (nSPS) is 15.9. The molecule has 1 fully saturated rings. The fourth-order valence-corrected chi connectivity index (χ4v) is 4.88. The Labute approximate surface area is 209 Å². The highest BCUT2D eigenvalue weighted by molar-refractivity contribution is 5.95. The number of carbonyl (C=O) groups is 2. The number of hydrogen-bond acceptors (Lipinski definition) is 6. The van der Waals surface area contributed by atoms with E-state index in [2.05, 4.69) is 10.2 Å². The Kier molecular flexibility index (Phi) is 6.75. The molecule has 0 unspecified atom stereocenters. The van der Waals surface area contributed by atoms with Crippen LogP contribution in [0.2, 0.25) is 0 Å². The third kappa shape index (κ3) is 4.84. The second-order valence-corrected chi connectivity index (χ2v) is 9.09. The lowest BCUT2D eigenvalue weighted by molar-refractivity contribution is -0.496. The van der Waals surface area contributed by atoms with Gasteiger partial charge in [-0.2, -0.15) is 0 Å². The summed E-state index contributed by atoms with van der Waals surface area (Å²) in [6.07, 6.45) is 1.17. The molecule has 3 aromatic carbocycles. The molecule has 0 saturated carbocycles. The molecule has 2 heterocycles. The van der Waals surface area contributed by atoms with Gasteiger partial charge in [0.2, 0.25) is 0 Å². The topological polar surface area (TPSA) is 128 Å². The lowest BCUT2D eigenvalue weighted by Gasteiger charge is -2.41. The van der Waals surface area contributed by atoms with Gasteiger partial charge in [0.1, 0.15) is 6.61 Å². The number of fused-ring (bicyclic) bond motifs is 1. The molecule has 0 bridgehead atoms. The van der Waals surface area contributed by atoms with Gasteiger partial charge in [-0.05, 0) is 48.7 Å². The number of benzene rings is 3. The molecule has 0 radical (unpaired) electrons. The number of hydrogen-bond donors (Lipinski definition) is 3. The van der Waals surface area contributed by atoms with Crippen LogP contribution in [-0.2, 0) is 17.9 Å². The number of para-hydroxylation sites is 1. The lowest BCUT2D eigenvalue weighted by Crippen LogP contribution is -2.70. The number of rotatable bonds is 6. The zero-order valence-electron chi connectivity index (χ0n) is 19.9. The zero-order valence-corrected chi connectivity index (χ0v) is 19.9. The Morgan fingerprint density at radius 1 is 1.06 bits per heavy atom. The number of piperidine rings is 1. The van der Waals surface area contributed by atoms with Crippen LogP contribution in [-0.4, -0.2) is 31.1 Å². The van der Waals surface area contributed by atoms with Crippen molar-refractivity contribution >= 4 is 34.7 Å². The van der Waals surface area contributed by atoms with Crippen molar-refractivity contribution in [1.29, 1.82) is 0 Å². The Bertz CT molecular complexity index is 1260. The SMILES string of the molecule is Nc1ccc(CNC(=O)c2ccc(N3CCC(N4C(=O)OCc5ccccc54)CC3)c([NH2+][O-])c2)cc1. The van der Waals surface area contributed by atoms with Crippen molar-refractivity contribution in [2.45, 2.75) is 32.0 Å². The number of anilines is 3. The number of amides is 2. The van der Waals surface area contributed by atoms with Gasteiger partial charge in [-0.3, -0.25) is 9.69 Å². The summed E-state index contributed by atoms with van der Waals surface area (Å²) in [5, 5.41) is 14.8. The Balaban J connectivity index is 1.24. The first-order valence-corrected chi connectivity index (χ1v) is 12.0. The van der Waals surface area contributed by atoms with E-state index in [0.29, 0.717) is 43.2 Å². The van der Waals surface area contributed by atoms with Crippen molar-refractivity contribution in [3.05, 3.63) is 88.6 Å². The fourth-order valence-electron chi connectivity index (χ4n) is 4.88. The number of carbonyl (C=O) groups excluding carboxylic acids is 2. The molecule has 9 heteroatoms. The fraction of sp³-hybridized carbons (Fsp3) is 0.259. The van der Waals surface area contributed by atoms with Crippen LogP contribution in [0.4, 0.5) is 27.5 Å². The summed E-state index contributed by atoms with van der Waals surface area (Å²) in [6.45, 7) is 2.03. The number of nitrogen functional groups attached to an aromatic ring is 1. The minimum absolute atomic E-state index is 0.0215. The highest BCUT2D eigenvalue weighted by atomic mass is 16.6. The van der Waals surface area contributed by atoms with E-state index in [9.17, 15) is 14.8 Å². The van der Waals surface area contributed by atoms with E-state index >= 15 is 0 Å². The van der Waals surface area contributed by atoms with Crippen LogP contribution in [0, 0.1) is 5.21 Å². The van der Waals surface area contributed by atoms with Gasteiger partial charge in [-0.1, -0.05) is 30.3 Å². The number of cyclic esters (lactones) is 1. The molecule has 186 valence electrons. The summed E-state index contributed by atoms with van der Waals surface area (Å²) < 4.78 is 5.39. The van der Waals surface area contributed by atoms with Gasteiger partial charge in [0.05, 0.1) is 11.4 Å². The van der Waals surface area contributed by atoms with Crippen LogP contribution in [0.15, 0.2) is 66.7 Å². The highest BCUT2D eigenvalue weighted by Crippen LogP contribution is 2.33. The minimum Gasteiger partial charge on any atom is -0.630 e. The molecule has 5 N–H and O–H groups in total. The average Bonchev–Trinajstić information content (AvgIpc) is 2.92. The van der Waals surface area contributed by atoms with E-state index in [4.69, 9.17) is 10.5 Å². The predicted molar refractivity (Wildman–Crippen MR) is 138 cm³/mol. The molecule has 9 nitrogen and oxygen atoms in total. The summed E-state index contributed by atoms with van der Waals surface area (Å²) in [7, 11) is 0. The maximum absolute atomic E-state index is 12.7. The van der Waals surface area contributed by atoms with Crippen LogP contribution < -0.4 is 26.3 Å². The van der Waals surface area contributed by atoms with Crippen molar-refractivity contribution in [3.8, 4) is 0 Å². The molecule has 36 heavy (non-hydrogen) atoms. The van der Waals surface area contributed by atoms with E-state index in [-0.39, 0.29) is 18.0 Å². The summed E-state index contributed by atoms with van der Waals surface area (Å²) in [4.78, 5) is 29.1. The molecule has 1 saturated heterocycles. The second-order valence-electron chi connectivity index (χ2n) is 9.09.